The van der Waals surface area contributed by atoms with E-state index in [0.717, 1.165) is 17.9 Å². The van der Waals surface area contributed by atoms with E-state index >= 15 is 0 Å². The number of methoxy groups -OCH3 is 1. The number of benzene rings is 2. The van der Waals surface area contributed by atoms with Crippen molar-refractivity contribution in [2.45, 2.75) is 30.7 Å². The third-order valence-electron chi connectivity index (χ3n) is 4.06. The maximum atomic E-state index is 12.7. The van der Waals surface area contributed by atoms with Crippen molar-refractivity contribution >= 4 is 17.5 Å². The minimum absolute atomic E-state index is 0.0573. The average Bonchev–Trinajstić information content (AvgIpc) is 3.15. The molecule has 6 nitrogen and oxygen atoms in total. The maximum absolute atomic E-state index is 12.7. The van der Waals surface area contributed by atoms with Crippen molar-refractivity contribution in [1.29, 1.82) is 0 Å². The fourth-order valence-corrected chi connectivity index (χ4v) is 3.37. The van der Waals surface area contributed by atoms with Gasteiger partial charge in [0.25, 0.3) is 0 Å². The molecule has 3 aromatic rings. The zero-order valence-corrected chi connectivity index (χ0v) is 15.7. The molecule has 0 N–H and O–H groups in total. The molecule has 1 atom stereocenters. The fraction of sp³-hybridized carbons (Fsp3) is 0.263. The van der Waals surface area contributed by atoms with E-state index in [1.54, 1.807) is 11.8 Å². The molecule has 2 aromatic carbocycles. The molecule has 134 valence electrons. The molecule has 0 fully saturated rings. The molecule has 0 saturated heterocycles. The molecule has 26 heavy (non-hydrogen) atoms. The highest BCUT2D eigenvalue weighted by Crippen LogP contribution is 2.26. The molecular formula is C19H20N4O2S. The lowest BCUT2D eigenvalue weighted by Gasteiger charge is -2.11. The average molecular weight is 368 g/mol. The van der Waals surface area contributed by atoms with Gasteiger partial charge >= 0.3 is 0 Å². The minimum atomic E-state index is -0.300. The number of carbonyl (C=O) groups excluding carboxylic acids is 1. The number of aromatic nitrogens is 4. The molecule has 0 aliphatic carbocycles. The maximum Gasteiger partial charge on any atom is 0.214 e. The van der Waals surface area contributed by atoms with Gasteiger partial charge in [0.1, 0.15) is 5.75 Å². The number of nitrogens with zero attached hydrogens (tertiary/aromatic N) is 4. The van der Waals surface area contributed by atoms with E-state index < -0.39 is 0 Å². The molecule has 0 aliphatic heterocycles. The van der Waals surface area contributed by atoms with E-state index in [9.17, 15) is 4.79 Å². The molecule has 1 unspecified atom stereocenters. The number of thioether (sulfide) groups is 1. The highest BCUT2D eigenvalue weighted by molar-refractivity contribution is 8.00. The lowest BCUT2D eigenvalue weighted by Crippen LogP contribution is -2.14. The largest absolute Gasteiger partial charge is 0.497 e. The van der Waals surface area contributed by atoms with Crippen LogP contribution in [0.2, 0.25) is 0 Å². The monoisotopic (exact) mass is 368 g/mol. The summed E-state index contributed by atoms with van der Waals surface area (Å²) >= 11 is 1.34. The molecule has 0 radical (unpaired) electrons. The first kappa shape index (κ1) is 18.1. The Morgan fingerprint density at radius 2 is 1.85 bits per heavy atom. The van der Waals surface area contributed by atoms with E-state index in [-0.39, 0.29) is 11.0 Å². The van der Waals surface area contributed by atoms with Crippen molar-refractivity contribution in [3.63, 3.8) is 0 Å². The molecular weight excluding hydrogens is 348 g/mol. The fourth-order valence-electron chi connectivity index (χ4n) is 2.49. The summed E-state index contributed by atoms with van der Waals surface area (Å²) in [6, 6.07) is 15.2. The Kier molecular flexibility index (Phi) is 5.68. The Bertz CT molecular complexity index is 875. The van der Waals surface area contributed by atoms with Gasteiger partial charge in [0.15, 0.2) is 5.78 Å². The predicted octanol–water partition coefficient (Wildman–Crippen LogP) is 3.60. The summed E-state index contributed by atoms with van der Waals surface area (Å²) < 4.78 is 6.79. The predicted molar refractivity (Wildman–Crippen MR) is 101 cm³/mol. The van der Waals surface area contributed by atoms with Crippen LogP contribution in [-0.4, -0.2) is 38.4 Å². The first-order valence-electron chi connectivity index (χ1n) is 8.35. The van der Waals surface area contributed by atoms with Crippen LogP contribution < -0.4 is 4.74 Å². The van der Waals surface area contributed by atoms with Crippen molar-refractivity contribution in [1.82, 2.24) is 20.2 Å². The van der Waals surface area contributed by atoms with Gasteiger partial charge in [-0.25, -0.2) is 0 Å². The lowest BCUT2D eigenvalue weighted by molar-refractivity contribution is 0.0994. The number of hydrogen-bond donors (Lipinski definition) is 0. The molecule has 1 heterocycles. The number of ether oxygens (including phenoxy) is 1. The summed E-state index contributed by atoms with van der Waals surface area (Å²) in [6.07, 6.45) is 0.954. The van der Waals surface area contributed by atoms with Crippen LogP contribution in [0.25, 0.3) is 5.69 Å². The van der Waals surface area contributed by atoms with Crippen LogP contribution in [-0.2, 0) is 6.42 Å². The number of ketones is 1. The van der Waals surface area contributed by atoms with Crippen LogP contribution in [0.3, 0.4) is 0 Å². The van der Waals surface area contributed by atoms with Crippen molar-refractivity contribution < 1.29 is 9.53 Å². The van der Waals surface area contributed by atoms with Gasteiger partial charge in [0.2, 0.25) is 5.16 Å². The quantitative estimate of drug-likeness (QED) is 0.469. The second kappa shape index (κ2) is 8.14. The molecule has 0 spiro atoms. The van der Waals surface area contributed by atoms with Gasteiger partial charge in [-0.1, -0.05) is 43.0 Å². The number of aryl methyl sites for hydroxylation is 1. The van der Waals surface area contributed by atoms with Crippen LogP contribution in [0.5, 0.6) is 5.75 Å². The molecule has 0 bridgehead atoms. The minimum Gasteiger partial charge on any atom is -0.497 e. The molecule has 0 aliphatic rings. The van der Waals surface area contributed by atoms with Gasteiger partial charge in [0.05, 0.1) is 18.0 Å². The van der Waals surface area contributed by atoms with E-state index in [0.29, 0.717) is 10.7 Å². The Hall–Kier alpha value is -2.67. The molecule has 1 aromatic heterocycles. The van der Waals surface area contributed by atoms with E-state index in [4.69, 9.17) is 4.74 Å². The zero-order valence-electron chi connectivity index (χ0n) is 14.9. The number of rotatable bonds is 7. The van der Waals surface area contributed by atoms with Gasteiger partial charge in [-0.05, 0) is 53.6 Å². The Morgan fingerprint density at radius 3 is 2.46 bits per heavy atom. The second-order valence-electron chi connectivity index (χ2n) is 5.75. The van der Waals surface area contributed by atoms with Crippen LogP contribution in [0.1, 0.15) is 29.8 Å². The highest BCUT2D eigenvalue weighted by atomic mass is 32.2. The number of carbonyl (C=O) groups is 1. The van der Waals surface area contributed by atoms with Gasteiger partial charge < -0.3 is 4.74 Å². The van der Waals surface area contributed by atoms with Crippen LogP contribution in [0.4, 0.5) is 0 Å². The molecule has 7 heteroatoms. The van der Waals surface area contributed by atoms with Crippen molar-refractivity contribution in [3.05, 3.63) is 59.7 Å². The van der Waals surface area contributed by atoms with Crippen LogP contribution >= 0.6 is 11.8 Å². The summed E-state index contributed by atoms with van der Waals surface area (Å²) in [4.78, 5) is 12.7. The van der Waals surface area contributed by atoms with Crippen molar-refractivity contribution in [2.24, 2.45) is 0 Å². The van der Waals surface area contributed by atoms with E-state index in [1.165, 1.54) is 17.3 Å². The van der Waals surface area contributed by atoms with Gasteiger partial charge in [-0.15, -0.1) is 5.10 Å². The van der Waals surface area contributed by atoms with Crippen LogP contribution in [0.15, 0.2) is 53.7 Å². The lowest BCUT2D eigenvalue weighted by atomic mass is 10.1. The summed E-state index contributed by atoms with van der Waals surface area (Å²) in [5.74, 6) is 0.817. The Labute approximate surface area is 156 Å². The van der Waals surface area contributed by atoms with Gasteiger partial charge in [0, 0.05) is 5.56 Å². The van der Waals surface area contributed by atoms with Crippen molar-refractivity contribution in [3.8, 4) is 11.4 Å². The third kappa shape index (κ3) is 3.94. The smallest absolute Gasteiger partial charge is 0.214 e. The number of tetrazole rings is 1. The normalized spacial score (nSPS) is 12.0. The molecule has 0 amide bonds. The Balaban J connectivity index is 1.76. The first-order chi connectivity index (χ1) is 12.6. The van der Waals surface area contributed by atoms with E-state index in [2.05, 4.69) is 22.4 Å². The summed E-state index contributed by atoms with van der Waals surface area (Å²) in [5, 5.41) is 12.1. The zero-order chi connectivity index (χ0) is 18.5. The Morgan fingerprint density at radius 1 is 1.15 bits per heavy atom. The molecule has 0 saturated carbocycles. The summed E-state index contributed by atoms with van der Waals surface area (Å²) in [7, 11) is 1.62. The number of Topliss-reactive ketones (excluding diaryl/α,β-unsaturated/α-hetero) is 1. The topological polar surface area (TPSA) is 69.9 Å². The van der Waals surface area contributed by atoms with Crippen LogP contribution in [0, 0.1) is 0 Å². The van der Waals surface area contributed by atoms with E-state index in [1.807, 2.05) is 55.5 Å². The summed E-state index contributed by atoms with van der Waals surface area (Å²) in [5.41, 5.74) is 2.72. The van der Waals surface area contributed by atoms with Gasteiger partial charge in [-0.2, -0.15) is 4.68 Å². The SMILES string of the molecule is CCc1ccc(C(=O)C(C)Sc2nnnn2-c2ccc(OC)cc2)cc1. The highest BCUT2D eigenvalue weighted by Gasteiger charge is 2.20. The second-order valence-corrected chi connectivity index (χ2v) is 7.05. The standard InChI is InChI=1S/C19H20N4O2S/c1-4-14-5-7-15(8-6-14)18(24)13(2)26-19-20-21-22-23(19)16-9-11-17(25-3)12-10-16/h5-13H,4H2,1-3H3. The number of hydrogen-bond acceptors (Lipinski definition) is 6. The van der Waals surface area contributed by atoms with Crippen molar-refractivity contribution in [2.75, 3.05) is 7.11 Å². The van der Waals surface area contributed by atoms with Gasteiger partial charge in [-0.3, -0.25) is 4.79 Å². The molecule has 3 rings (SSSR count). The third-order valence-corrected chi connectivity index (χ3v) is 5.09. The first-order valence-corrected chi connectivity index (χ1v) is 9.23. The summed E-state index contributed by atoms with van der Waals surface area (Å²) in [6.45, 7) is 3.96.